The summed E-state index contributed by atoms with van der Waals surface area (Å²) >= 11 is 0. The summed E-state index contributed by atoms with van der Waals surface area (Å²) < 4.78 is 32.2. The molecule has 0 aliphatic heterocycles. The van der Waals surface area contributed by atoms with Gasteiger partial charge in [-0.25, -0.2) is 13.2 Å². The number of para-hydroxylation sites is 1. The average molecular weight is 432 g/mol. The molecular formula is C18H29N3O7S. The first kappa shape index (κ1) is 24.8. The number of carbonyl (C=O) groups excluding carboxylic acids is 1. The maximum absolute atomic E-state index is 13.0. The molecule has 0 aliphatic rings. The first-order valence-electron chi connectivity index (χ1n) is 9.23. The van der Waals surface area contributed by atoms with Crippen LogP contribution in [-0.2, 0) is 14.8 Å². The van der Waals surface area contributed by atoms with Crippen LogP contribution in [0.2, 0.25) is 0 Å². The third-order valence-corrected chi connectivity index (χ3v) is 5.67. The second-order valence-electron chi connectivity index (χ2n) is 7.55. The minimum atomic E-state index is -4.17. The number of hydrogen-bond donors (Lipinski definition) is 2. The van der Waals surface area contributed by atoms with E-state index in [0.29, 0.717) is 0 Å². The van der Waals surface area contributed by atoms with E-state index in [2.05, 4.69) is 5.32 Å². The number of ether oxygens (including phenoxy) is 1. The number of nitrogens with zero attached hydrogens (tertiary/aromatic N) is 2. The molecule has 0 aromatic heterocycles. The van der Waals surface area contributed by atoms with E-state index in [4.69, 9.17) is 4.74 Å². The van der Waals surface area contributed by atoms with Crippen LogP contribution in [0.5, 0.6) is 0 Å². The zero-order valence-electron chi connectivity index (χ0n) is 17.1. The Bertz CT molecular complexity index is 804. The second kappa shape index (κ2) is 10.5. The van der Waals surface area contributed by atoms with Gasteiger partial charge in [0.15, 0.2) is 4.90 Å². The van der Waals surface area contributed by atoms with Gasteiger partial charge in [-0.2, -0.15) is 4.31 Å². The lowest BCUT2D eigenvalue weighted by molar-refractivity contribution is -0.387. The van der Waals surface area contributed by atoms with Gasteiger partial charge < -0.3 is 15.2 Å². The van der Waals surface area contributed by atoms with Crippen molar-refractivity contribution in [1.29, 1.82) is 0 Å². The molecule has 1 aromatic rings. The van der Waals surface area contributed by atoms with Gasteiger partial charge in [-0.1, -0.05) is 12.1 Å². The number of carbonyl (C=O) groups is 1. The summed E-state index contributed by atoms with van der Waals surface area (Å²) in [5, 5.41) is 23.3. The lowest BCUT2D eigenvalue weighted by Crippen LogP contribution is -2.37. The summed E-state index contributed by atoms with van der Waals surface area (Å²) in [7, 11) is -4.17. The number of nitro groups is 1. The number of rotatable bonds is 10. The summed E-state index contributed by atoms with van der Waals surface area (Å²) in [5.41, 5.74) is -1.16. The van der Waals surface area contributed by atoms with Gasteiger partial charge in [-0.05, 0) is 46.6 Å². The molecule has 0 bridgehead atoms. The highest BCUT2D eigenvalue weighted by Crippen LogP contribution is 2.26. The van der Waals surface area contributed by atoms with Gasteiger partial charge in [0.2, 0.25) is 10.0 Å². The molecule has 0 fully saturated rings. The highest BCUT2D eigenvalue weighted by Gasteiger charge is 2.31. The third-order valence-electron chi connectivity index (χ3n) is 3.73. The number of aliphatic hydroxyl groups is 1. The van der Waals surface area contributed by atoms with Crippen molar-refractivity contribution in [3.63, 3.8) is 0 Å². The lowest BCUT2D eigenvalue weighted by atomic mass is 10.2. The van der Waals surface area contributed by atoms with Crippen LogP contribution in [0.15, 0.2) is 29.2 Å². The smallest absolute Gasteiger partial charge is 0.407 e. The molecular weight excluding hydrogens is 402 g/mol. The third kappa shape index (κ3) is 8.34. The van der Waals surface area contributed by atoms with E-state index in [-0.39, 0.29) is 32.5 Å². The van der Waals surface area contributed by atoms with Crippen LogP contribution in [0.3, 0.4) is 0 Å². The molecule has 0 radical (unpaired) electrons. The Hall–Kier alpha value is -2.24. The molecule has 2 N–H and O–H groups in total. The summed E-state index contributed by atoms with van der Waals surface area (Å²) in [6.07, 6.45) is -0.925. The minimum absolute atomic E-state index is 0.0108. The Balaban J connectivity index is 2.90. The van der Waals surface area contributed by atoms with Gasteiger partial charge in [-0.3, -0.25) is 10.1 Å². The van der Waals surface area contributed by atoms with Gasteiger partial charge >= 0.3 is 6.09 Å². The molecule has 1 atom stereocenters. The van der Waals surface area contributed by atoms with E-state index >= 15 is 0 Å². The fraction of sp³-hybridized carbons (Fsp3) is 0.611. The monoisotopic (exact) mass is 431 g/mol. The van der Waals surface area contributed by atoms with Crippen LogP contribution in [0.4, 0.5) is 10.5 Å². The molecule has 1 amide bonds. The number of nitrogens with one attached hydrogen (secondary N) is 1. The Kier molecular flexibility index (Phi) is 8.99. The highest BCUT2D eigenvalue weighted by atomic mass is 32.2. The van der Waals surface area contributed by atoms with Gasteiger partial charge in [0.05, 0.1) is 11.0 Å². The molecule has 0 aliphatic carbocycles. The quantitative estimate of drug-likeness (QED) is 0.329. The lowest BCUT2D eigenvalue weighted by Gasteiger charge is -2.23. The molecule has 164 valence electrons. The molecule has 1 aromatic carbocycles. The number of aliphatic hydroxyl groups excluding tert-OH is 1. The molecule has 11 heteroatoms. The zero-order chi connectivity index (χ0) is 22.2. The standard InChI is InChI=1S/C18H29N3O7S/c1-14(22)10-13-20(12-7-11-19-17(23)28-18(2,3)4)29(26,27)16-9-6-5-8-15(16)21(24)25/h5-6,8-9,14,22H,7,10-13H2,1-4H3,(H,19,23). The molecule has 0 spiro atoms. The van der Waals surface area contributed by atoms with Crippen LogP contribution >= 0.6 is 0 Å². The number of nitro benzene ring substituents is 1. The number of sulfonamides is 1. The van der Waals surface area contributed by atoms with Gasteiger partial charge in [0.1, 0.15) is 5.60 Å². The van der Waals surface area contributed by atoms with E-state index < -0.39 is 43.3 Å². The Morgan fingerprint density at radius 1 is 1.31 bits per heavy atom. The van der Waals surface area contributed by atoms with Crippen LogP contribution < -0.4 is 5.32 Å². The van der Waals surface area contributed by atoms with Crippen molar-refractivity contribution in [2.24, 2.45) is 0 Å². The molecule has 1 unspecified atom stereocenters. The fourth-order valence-electron chi connectivity index (χ4n) is 2.41. The average Bonchev–Trinajstić information content (AvgIpc) is 2.59. The van der Waals surface area contributed by atoms with Gasteiger partial charge in [0, 0.05) is 25.7 Å². The summed E-state index contributed by atoms with van der Waals surface area (Å²) in [5.74, 6) is 0. The Labute approximate surface area is 171 Å². The molecule has 0 saturated heterocycles. The summed E-state index contributed by atoms with van der Waals surface area (Å²) in [6, 6.07) is 5.12. The summed E-state index contributed by atoms with van der Waals surface area (Å²) in [6.45, 7) is 6.86. The van der Waals surface area contributed by atoms with Crippen molar-refractivity contribution in [3.8, 4) is 0 Å². The highest BCUT2D eigenvalue weighted by molar-refractivity contribution is 7.89. The molecule has 1 rings (SSSR count). The van der Waals surface area contributed by atoms with E-state index in [9.17, 15) is 28.4 Å². The van der Waals surface area contributed by atoms with Crippen LogP contribution in [0.1, 0.15) is 40.5 Å². The van der Waals surface area contributed by atoms with Crippen molar-refractivity contribution in [2.75, 3.05) is 19.6 Å². The van der Waals surface area contributed by atoms with E-state index in [1.807, 2.05) is 0 Å². The van der Waals surface area contributed by atoms with Gasteiger partial charge in [0.25, 0.3) is 5.69 Å². The fourth-order valence-corrected chi connectivity index (χ4v) is 4.06. The Morgan fingerprint density at radius 3 is 2.48 bits per heavy atom. The van der Waals surface area contributed by atoms with Crippen molar-refractivity contribution in [3.05, 3.63) is 34.4 Å². The van der Waals surface area contributed by atoms with E-state index in [1.54, 1.807) is 20.8 Å². The minimum Gasteiger partial charge on any atom is -0.444 e. The van der Waals surface area contributed by atoms with Gasteiger partial charge in [-0.15, -0.1) is 0 Å². The SMILES string of the molecule is CC(O)CCN(CCCNC(=O)OC(C)(C)C)S(=O)(=O)c1ccccc1[N+](=O)[O-]. The maximum Gasteiger partial charge on any atom is 0.407 e. The molecule has 10 nitrogen and oxygen atoms in total. The van der Waals surface area contributed by atoms with Crippen LogP contribution in [0.25, 0.3) is 0 Å². The van der Waals surface area contributed by atoms with Crippen LogP contribution in [-0.4, -0.2) is 60.2 Å². The maximum atomic E-state index is 13.0. The van der Waals surface area contributed by atoms with E-state index in [0.717, 1.165) is 10.4 Å². The predicted octanol–water partition coefficient (Wildman–Crippen LogP) is 2.27. The number of alkyl carbamates (subject to hydrolysis) is 1. The number of amides is 1. The normalized spacial score (nSPS) is 13.2. The molecule has 29 heavy (non-hydrogen) atoms. The topological polar surface area (TPSA) is 139 Å². The Morgan fingerprint density at radius 2 is 1.93 bits per heavy atom. The van der Waals surface area contributed by atoms with E-state index in [1.165, 1.54) is 25.1 Å². The number of benzene rings is 1. The van der Waals surface area contributed by atoms with Crippen molar-refractivity contribution < 1.29 is 28.0 Å². The van der Waals surface area contributed by atoms with Crippen molar-refractivity contribution >= 4 is 21.8 Å². The first-order valence-corrected chi connectivity index (χ1v) is 10.7. The summed E-state index contributed by atoms with van der Waals surface area (Å²) in [4.78, 5) is 21.8. The predicted molar refractivity (Wildman–Crippen MR) is 107 cm³/mol. The number of hydrogen-bond acceptors (Lipinski definition) is 7. The zero-order valence-corrected chi connectivity index (χ0v) is 17.9. The molecule has 0 heterocycles. The first-order chi connectivity index (χ1) is 13.3. The van der Waals surface area contributed by atoms with Crippen molar-refractivity contribution in [1.82, 2.24) is 9.62 Å². The largest absolute Gasteiger partial charge is 0.444 e. The van der Waals surface area contributed by atoms with Crippen LogP contribution in [0, 0.1) is 10.1 Å². The second-order valence-corrected chi connectivity index (χ2v) is 9.46. The van der Waals surface area contributed by atoms with Crippen molar-refractivity contribution in [2.45, 2.75) is 57.1 Å². The molecule has 0 saturated carbocycles.